The number of nitrogens with one attached hydrogen (secondary N) is 1. The van der Waals surface area contributed by atoms with E-state index in [-0.39, 0.29) is 20.6 Å². The highest BCUT2D eigenvalue weighted by Gasteiger charge is 2.19. The van der Waals surface area contributed by atoms with Gasteiger partial charge in [0.2, 0.25) is 0 Å². The van der Waals surface area contributed by atoms with Crippen LogP contribution >= 0.6 is 23.2 Å². The van der Waals surface area contributed by atoms with Gasteiger partial charge in [0.05, 0.1) is 15.5 Å². The molecule has 10 heteroatoms. The molecule has 1 aromatic heterocycles. The van der Waals surface area contributed by atoms with Gasteiger partial charge in [-0.1, -0.05) is 35.7 Å². The molecule has 0 atom stereocenters. The maximum Gasteiger partial charge on any atom is 0.284 e. The summed E-state index contributed by atoms with van der Waals surface area (Å²) in [4.78, 5) is 18.1. The Kier molecular flexibility index (Phi) is 6.77. The SMILES string of the molecule is CN1CCCCC/C1=N\S(=O)(=O)c1cccc(NC(=O)c2cnc(Cl)c(Cl)c2)c1. The molecule has 2 aromatic rings. The molecular formula is C19H20Cl2N4O3S. The van der Waals surface area contributed by atoms with Crippen molar-refractivity contribution in [2.45, 2.75) is 30.6 Å². The Morgan fingerprint density at radius 3 is 2.76 bits per heavy atom. The number of likely N-dealkylation sites (tertiary alicyclic amines) is 1. The number of sulfonamides is 1. The Morgan fingerprint density at radius 1 is 1.21 bits per heavy atom. The first-order valence-corrected chi connectivity index (χ1v) is 11.2. The van der Waals surface area contributed by atoms with E-state index in [0.29, 0.717) is 17.9 Å². The van der Waals surface area contributed by atoms with Crippen molar-refractivity contribution < 1.29 is 13.2 Å². The van der Waals surface area contributed by atoms with Crippen LogP contribution < -0.4 is 5.32 Å². The van der Waals surface area contributed by atoms with Gasteiger partial charge in [0, 0.05) is 31.9 Å². The van der Waals surface area contributed by atoms with Gasteiger partial charge in [0.15, 0.2) is 0 Å². The lowest BCUT2D eigenvalue weighted by molar-refractivity contribution is 0.102. The summed E-state index contributed by atoms with van der Waals surface area (Å²) >= 11 is 11.6. The van der Waals surface area contributed by atoms with Crippen molar-refractivity contribution in [3.8, 4) is 0 Å². The minimum atomic E-state index is -3.90. The van der Waals surface area contributed by atoms with Gasteiger partial charge < -0.3 is 10.2 Å². The van der Waals surface area contributed by atoms with Crippen molar-refractivity contribution in [1.82, 2.24) is 9.88 Å². The Labute approximate surface area is 179 Å². The fourth-order valence-corrected chi connectivity index (χ4v) is 4.33. The number of anilines is 1. The highest BCUT2D eigenvalue weighted by molar-refractivity contribution is 7.90. The highest BCUT2D eigenvalue weighted by atomic mass is 35.5. The fourth-order valence-electron chi connectivity index (χ4n) is 2.92. The molecule has 0 bridgehead atoms. The Bertz CT molecular complexity index is 1060. The van der Waals surface area contributed by atoms with Crippen LogP contribution in [0.5, 0.6) is 0 Å². The predicted molar refractivity (Wildman–Crippen MR) is 114 cm³/mol. The van der Waals surface area contributed by atoms with Crippen LogP contribution in [0.2, 0.25) is 10.2 Å². The van der Waals surface area contributed by atoms with Crippen LogP contribution in [-0.4, -0.2) is 43.6 Å². The van der Waals surface area contributed by atoms with Gasteiger partial charge in [-0.25, -0.2) is 4.98 Å². The Balaban J connectivity index is 1.82. The van der Waals surface area contributed by atoms with Gasteiger partial charge in [-0.3, -0.25) is 4.79 Å². The van der Waals surface area contributed by atoms with Gasteiger partial charge in [-0.2, -0.15) is 8.42 Å². The molecule has 0 spiro atoms. The summed E-state index contributed by atoms with van der Waals surface area (Å²) in [6.45, 7) is 0.780. The average Bonchev–Trinajstić information content (AvgIpc) is 2.88. The first kappa shape index (κ1) is 21.5. The molecule has 0 unspecified atom stereocenters. The first-order chi connectivity index (χ1) is 13.8. The summed E-state index contributed by atoms with van der Waals surface area (Å²) in [7, 11) is -2.05. The molecule has 1 saturated heterocycles. The summed E-state index contributed by atoms with van der Waals surface area (Å²) < 4.78 is 29.6. The topological polar surface area (TPSA) is 91.7 Å². The molecule has 0 saturated carbocycles. The second-order valence-electron chi connectivity index (χ2n) is 6.69. The fraction of sp³-hybridized carbons (Fsp3) is 0.316. The van der Waals surface area contributed by atoms with Crippen LogP contribution in [0.25, 0.3) is 0 Å². The lowest BCUT2D eigenvalue weighted by Gasteiger charge is -2.17. The normalized spacial score (nSPS) is 16.5. The van der Waals surface area contributed by atoms with Crippen molar-refractivity contribution in [2.24, 2.45) is 4.40 Å². The second kappa shape index (κ2) is 9.11. The lowest BCUT2D eigenvalue weighted by Crippen LogP contribution is -2.26. The maximum atomic E-state index is 12.8. The molecule has 1 N–H and O–H groups in total. The second-order valence-corrected chi connectivity index (χ2v) is 9.06. The number of carbonyl (C=O) groups excluding carboxylic acids is 1. The number of benzene rings is 1. The van der Waals surface area contributed by atoms with E-state index >= 15 is 0 Å². The van der Waals surface area contributed by atoms with Gasteiger partial charge in [0.1, 0.15) is 11.0 Å². The molecule has 0 radical (unpaired) electrons. The van der Waals surface area contributed by atoms with E-state index in [1.807, 2.05) is 11.9 Å². The van der Waals surface area contributed by atoms with Crippen LogP contribution in [0.3, 0.4) is 0 Å². The van der Waals surface area contributed by atoms with Crippen LogP contribution in [-0.2, 0) is 10.0 Å². The molecule has 1 aromatic carbocycles. The van der Waals surface area contributed by atoms with Gasteiger partial charge in [-0.15, -0.1) is 4.40 Å². The molecule has 1 aliphatic rings. The summed E-state index contributed by atoms with van der Waals surface area (Å²) in [5, 5.41) is 2.88. The third-order valence-corrected chi connectivity index (χ3v) is 6.50. The number of amides is 1. The number of nitrogens with zero attached hydrogens (tertiary/aromatic N) is 3. The lowest BCUT2D eigenvalue weighted by atomic mass is 10.2. The molecule has 2 heterocycles. The number of hydrogen-bond acceptors (Lipinski definition) is 4. The van der Waals surface area contributed by atoms with Crippen molar-refractivity contribution >= 4 is 50.7 Å². The third-order valence-electron chi connectivity index (χ3n) is 4.51. The Morgan fingerprint density at radius 2 is 2.00 bits per heavy atom. The number of rotatable bonds is 4. The number of carbonyl (C=O) groups is 1. The predicted octanol–water partition coefficient (Wildman–Crippen LogP) is 4.23. The standard InChI is InChI=1S/C19H20Cl2N4O3S/c1-25-9-4-2-3-8-17(25)24-29(27,28)15-7-5-6-14(11-15)23-19(26)13-10-16(20)18(21)22-12-13/h5-7,10-12H,2-4,8-9H2,1H3,(H,23,26)/b24-17+. The summed E-state index contributed by atoms with van der Waals surface area (Å²) in [6, 6.07) is 7.35. The molecule has 7 nitrogen and oxygen atoms in total. The molecule has 1 amide bonds. The molecule has 154 valence electrons. The number of aromatic nitrogens is 1. The average molecular weight is 455 g/mol. The zero-order valence-corrected chi connectivity index (χ0v) is 18.1. The third kappa shape index (κ3) is 5.46. The quantitative estimate of drug-likeness (QED) is 0.697. The largest absolute Gasteiger partial charge is 0.362 e. The van der Waals surface area contributed by atoms with Crippen LogP contribution in [0.1, 0.15) is 36.0 Å². The van der Waals surface area contributed by atoms with Crippen molar-refractivity contribution in [3.63, 3.8) is 0 Å². The molecule has 1 aliphatic heterocycles. The Hall–Kier alpha value is -2.16. The smallest absolute Gasteiger partial charge is 0.284 e. The minimum absolute atomic E-state index is 0.00714. The summed E-state index contributed by atoms with van der Waals surface area (Å²) in [5.41, 5.74) is 0.518. The number of pyridine rings is 1. The number of hydrogen-bond donors (Lipinski definition) is 1. The van der Waals surface area contributed by atoms with Gasteiger partial charge >= 0.3 is 0 Å². The van der Waals surface area contributed by atoms with E-state index in [4.69, 9.17) is 23.2 Å². The zero-order valence-electron chi connectivity index (χ0n) is 15.7. The highest BCUT2D eigenvalue weighted by Crippen LogP contribution is 2.22. The number of halogens is 2. The minimum Gasteiger partial charge on any atom is -0.362 e. The van der Waals surface area contributed by atoms with Crippen LogP contribution in [0, 0.1) is 0 Å². The van der Waals surface area contributed by atoms with E-state index < -0.39 is 15.9 Å². The molecule has 1 fully saturated rings. The van der Waals surface area contributed by atoms with Crippen molar-refractivity contribution in [1.29, 1.82) is 0 Å². The molecule has 0 aliphatic carbocycles. The molecule has 29 heavy (non-hydrogen) atoms. The van der Waals surface area contributed by atoms with E-state index in [0.717, 1.165) is 25.8 Å². The van der Waals surface area contributed by atoms with Gasteiger partial charge in [-0.05, 0) is 37.1 Å². The van der Waals surface area contributed by atoms with Crippen LogP contribution in [0.4, 0.5) is 5.69 Å². The van der Waals surface area contributed by atoms with Gasteiger partial charge in [0.25, 0.3) is 15.9 Å². The molecular weight excluding hydrogens is 435 g/mol. The zero-order chi connectivity index (χ0) is 21.0. The van der Waals surface area contributed by atoms with Crippen molar-refractivity contribution in [2.75, 3.05) is 18.9 Å². The maximum absolute atomic E-state index is 12.8. The van der Waals surface area contributed by atoms with Crippen molar-refractivity contribution in [3.05, 3.63) is 52.3 Å². The van der Waals surface area contributed by atoms with E-state index in [2.05, 4.69) is 14.7 Å². The summed E-state index contributed by atoms with van der Waals surface area (Å²) in [6.07, 6.45) is 4.89. The monoisotopic (exact) mass is 454 g/mol. The van der Waals surface area contributed by atoms with E-state index in [1.54, 1.807) is 12.1 Å². The number of amidine groups is 1. The first-order valence-electron chi connectivity index (χ1n) is 9.04. The van der Waals surface area contributed by atoms with Crippen LogP contribution in [0.15, 0.2) is 45.8 Å². The molecule has 3 rings (SSSR count). The summed E-state index contributed by atoms with van der Waals surface area (Å²) in [5.74, 6) is 0.0687. The van der Waals surface area contributed by atoms with E-state index in [1.165, 1.54) is 24.4 Å². The van der Waals surface area contributed by atoms with E-state index in [9.17, 15) is 13.2 Å².